The van der Waals surface area contributed by atoms with E-state index in [0.29, 0.717) is 29.3 Å². The standard InChI is InChI=1S/C22H22N2O4S/c1-3-28-20-9-7-8-18(16-20)23-22(25)17-12-14-19(15-13-17)24(2)29(26,27)21-10-5-4-6-11-21/h4-16H,3H2,1-2H3,(H,23,25). The van der Waals surface area contributed by atoms with Gasteiger partial charge in [0.05, 0.1) is 17.2 Å². The van der Waals surface area contributed by atoms with Gasteiger partial charge in [-0.2, -0.15) is 0 Å². The monoisotopic (exact) mass is 410 g/mol. The Morgan fingerprint density at radius 3 is 2.31 bits per heavy atom. The molecule has 0 atom stereocenters. The summed E-state index contributed by atoms with van der Waals surface area (Å²) in [4.78, 5) is 12.7. The number of nitrogens with zero attached hydrogens (tertiary/aromatic N) is 1. The molecule has 0 saturated heterocycles. The summed E-state index contributed by atoms with van der Waals surface area (Å²) in [6.45, 7) is 2.43. The molecule has 1 amide bonds. The molecular weight excluding hydrogens is 388 g/mol. The maximum Gasteiger partial charge on any atom is 0.264 e. The Kier molecular flexibility index (Phi) is 6.19. The third kappa shape index (κ3) is 4.75. The predicted octanol–water partition coefficient (Wildman–Crippen LogP) is 4.16. The number of hydrogen-bond acceptors (Lipinski definition) is 4. The minimum atomic E-state index is -3.67. The van der Waals surface area contributed by atoms with Crippen molar-refractivity contribution in [1.29, 1.82) is 0 Å². The summed E-state index contributed by atoms with van der Waals surface area (Å²) in [5, 5.41) is 2.81. The average Bonchev–Trinajstić information content (AvgIpc) is 2.74. The zero-order valence-electron chi connectivity index (χ0n) is 16.2. The van der Waals surface area contributed by atoms with Crippen molar-refractivity contribution in [1.82, 2.24) is 0 Å². The maximum absolute atomic E-state index is 12.7. The van der Waals surface area contributed by atoms with Crippen LogP contribution in [0.3, 0.4) is 0 Å². The Bertz CT molecular complexity index is 1080. The maximum atomic E-state index is 12.7. The smallest absolute Gasteiger partial charge is 0.264 e. The average molecular weight is 410 g/mol. The summed E-state index contributed by atoms with van der Waals surface area (Å²) in [6, 6.07) is 21.7. The molecule has 0 aliphatic heterocycles. The Morgan fingerprint density at radius 2 is 1.66 bits per heavy atom. The van der Waals surface area contributed by atoms with E-state index in [1.54, 1.807) is 72.8 Å². The predicted molar refractivity (Wildman–Crippen MR) is 114 cm³/mol. The second-order valence-corrected chi connectivity index (χ2v) is 8.22. The Labute approximate surface area is 170 Å². The molecule has 1 N–H and O–H groups in total. The minimum Gasteiger partial charge on any atom is -0.494 e. The fourth-order valence-electron chi connectivity index (χ4n) is 2.75. The van der Waals surface area contributed by atoms with E-state index in [1.807, 2.05) is 13.0 Å². The van der Waals surface area contributed by atoms with Crippen LogP contribution in [0.15, 0.2) is 83.8 Å². The van der Waals surface area contributed by atoms with Crippen LogP contribution in [0.1, 0.15) is 17.3 Å². The molecule has 3 aromatic rings. The van der Waals surface area contributed by atoms with Crippen molar-refractivity contribution in [3.05, 3.63) is 84.4 Å². The van der Waals surface area contributed by atoms with Gasteiger partial charge in [-0.3, -0.25) is 9.10 Å². The summed E-state index contributed by atoms with van der Waals surface area (Å²) < 4.78 is 32.0. The SMILES string of the molecule is CCOc1cccc(NC(=O)c2ccc(N(C)S(=O)(=O)c3ccccc3)cc2)c1. The molecule has 29 heavy (non-hydrogen) atoms. The lowest BCUT2D eigenvalue weighted by Gasteiger charge is -2.19. The first-order valence-electron chi connectivity index (χ1n) is 9.10. The lowest BCUT2D eigenvalue weighted by Crippen LogP contribution is -2.26. The first-order valence-corrected chi connectivity index (χ1v) is 10.5. The largest absolute Gasteiger partial charge is 0.494 e. The van der Waals surface area contributed by atoms with E-state index in [-0.39, 0.29) is 10.8 Å². The molecule has 0 bridgehead atoms. The van der Waals surface area contributed by atoms with Crippen LogP contribution < -0.4 is 14.4 Å². The molecule has 0 spiro atoms. The zero-order valence-corrected chi connectivity index (χ0v) is 17.0. The quantitative estimate of drug-likeness (QED) is 0.635. The van der Waals surface area contributed by atoms with E-state index in [9.17, 15) is 13.2 Å². The number of ether oxygens (including phenoxy) is 1. The van der Waals surface area contributed by atoms with Crippen molar-refractivity contribution >= 4 is 27.3 Å². The first kappa shape index (κ1) is 20.4. The molecule has 0 fully saturated rings. The Morgan fingerprint density at radius 1 is 0.966 bits per heavy atom. The number of rotatable bonds is 7. The Balaban J connectivity index is 1.74. The van der Waals surface area contributed by atoms with E-state index >= 15 is 0 Å². The summed E-state index contributed by atoms with van der Waals surface area (Å²) in [5.74, 6) is 0.382. The van der Waals surface area contributed by atoms with Gasteiger partial charge in [0.1, 0.15) is 5.75 Å². The molecule has 0 unspecified atom stereocenters. The second kappa shape index (κ2) is 8.79. The van der Waals surface area contributed by atoms with Gasteiger partial charge in [0, 0.05) is 24.4 Å². The highest BCUT2D eigenvalue weighted by Crippen LogP contribution is 2.23. The van der Waals surface area contributed by atoms with Gasteiger partial charge in [-0.05, 0) is 55.5 Å². The summed E-state index contributed by atoms with van der Waals surface area (Å²) >= 11 is 0. The van der Waals surface area contributed by atoms with Crippen LogP contribution in [0.5, 0.6) is 5.75 Å². The third-order valence-electron chi connectivity index (χ3n) is 4.30. The highest BCUT2D eigenvalue weighted by molar-refractivity contribution is 7.92. The molecule has 0 aliphatic rings. The third-order valence-corrected chi connectivity index (χ3v) is 6.10. The number of nitrogens with one attached hydrogen (secondary N) is 1. The van der Waals surface area contributed by atoms with E-state index < -0.39 is 10.0 Å². The van der Waals surface area contributed by atoms with Crippen LogP contribution in [0.25, 0.3) is 0 Å². The van der Waals surface area contributed by atoms with E-state index in [2.05, 4.69) is 5.32 Å². The lowest BCUT2D eigenvalue weighted by molar-refractivity contribution is 0.102. The van der Waals surface area contributed by atoms with Crippen LogP contribution in [0.2, 0.25) is 0 Å². The molecule has 150 valence electrons. The normalized spacial score (nSPS) is 11.0. The molecule has 0 saturated carbocycles. The highest BCUT2D eigenvalue weighted by atomic mass is 32.2. The van der Waals surface area contributed by atoms with Crippen molar-refractivity contribution in [3.8, 4) is 5.75 Å². The number of carbonyl (C=O) groups is 1. The fraction of sp³-hybridized carbons (Fsp3) is 0.136. The number of amides is 1. The van der Waals surface area contributed by atoms with Gasteiger partial charge in [-0.1, -0.05) is 24.3 Å². The molecule has 0 aliphatic carbocycles. The van der Waals surface area contributed by atoms with E-state index in [0.717, 1.165) is 0 Å². The molecule has 6 nitrogen and oxygen atoms in total. The van der Waals surface area contributed by atoms with Crippen LogP contribution in [-0.4, -0.2) is 28.0 Å². The number of carbonyl (C=O) groups excluding carboxylic acids is 1. The number of benzene rings is 3. The first-order chi connectivity index (χ1) is 13.9. The number of hydrogen-bond donors (Lipinski definition) is 1. The van der Waals surface area contributed by atoms with Crippen molar-refractivity contribution < 1.29 is 17.9 Å². The second-order valence-electron chi connectivity index (χ2n) is 6.25. The topological polar surface area (TPSA) is 75.7 Å². The van der Waals surface area contributed by atoms with Crippen LogP contribution >= 0.6 is 0 Å². The lowest BCUT2D eigenvalue weighted by atomic mass is 10.2. The summed E-state index contributed by atoms with van der Waals surface area (Å²) in [5.41, 5.74) is 1.50. The van der Waals surface area contributed by atoms with Gasteiger partial charge >= 0.3 is 0 Å². The molecule has 0 radical (unpaired) electrons. The van der Waals surface area contributed by atoms with Gasteiger partial charge < -0.3 is 10.1 Å². The van der Waals surface area contributed by atoms with Gasteiger partial charge in [0.25, 0.3) is 15.9 Å². The van der Waals surface area contributed by atoms with Crippen molar-refractivity contribution in [2.45, 2.75) is 11.8 Å². The van der Waals surface area contributed by atoms with Gasteiger partial charge in [-0.15, -0.1) is 0 Å². The molecular formula is C22H22N2O4S. The minimum absolute atomic E-state index is 0.207. The van der Waals surface area contributed by atoms with E-state index in [1.165, 1.54) is 11.4 Å². The van der Waals surface area contributed by atoms with Crippen molar-refractivity contribution in [3.63, 3.8) is 0 Å². The van der Waals surface area contributed by atoms with Gasteiger partial charge in [-0.25, -0.2) is 8.42 Å². The Hall–Kier alpha value is -3.32. The summed E-state index contributed by atoms with van der Waals surface area (Å²) in [7, 11) is -2.18. The number of anilines is 2. The molecule has 3 aromatic carbocycles. The molecule has 7 heteroatoms. The molecule has 3 rings (SSSR count). The van der Waals surface area contributed by atoms with Gasteiger partial charge in [0.2, 0.25) is 0 Å². The van der Waals surface area contributed by atoms with E-state index in [4.69, 9.17) is 4.74 Å². The van der Waals surface area contributed by atoms with Crippen LogP contribution in [0.4, 0.5) is 11.4 Å². The zero-order chi connectivity index (χ0) is 20.9. The molecule has 0 aromatic heterocycles. The van der Waals surface area contributed by atoms with Crippen LogP contribution in [-0.2, 0) is 10.0 Å². The van der Waals surface area contributed by atoms with Gasteiger partial charge in [0.15, 0.2) is 0 Å². The van der Waals surface area contributed by atoms with Crippen molar-refractivity contribution in [2.24, 2.45) is 0 Å². The van der Waals surface area contributed by atoms with Crippen molar-refractivity contribution in [2.75, 3.05) is 23.3 Å². The highest BCUT2D eigenvalue weighted by Gasteiger charge is 2.21. The summed E-state index contributed by atoms with van der Waals surface area (Å²) in [6.07, 6.45) is 0. The molecule has 0 heterocycles. The van der Waals surface area contributed by atoms with Crippen LogP contribution in [0, 0.1) is 0 Å². The number of sulfonamides is 1. The fourth-order valence-corrected chi connectivity index (χ4v) is 3.96.